The normalized spacial score (nSPS) is 20.5. The number of likely N-dealkylation sites (tertiary alicyclic amines) is 1. The lowest BCUT2D eigenvalue weighted by molar-refractivity contribution is -0.186. The summed E-state index contributed by atoms with van der Waals surface area (Å²) >= 11 is 0. The summed E-state index contributed by atoms with van der Waals surface area (Å²) in [6.45, 7) is 1.45. The number of amides is 2. The van der Waals surface area contributed by atoms with Gasteiger partial charge in [0.1, 0.15) is 6.04 Å². The van der Waals surface area contributed by atoms with Crippen LogP contribution in [0, 0.1) is 0 Å². The minimum atomic E-state index is -5.00. The molecule has 0 unspecified atom stereocenters. The highest BCUT2D eigenvalue weighted by Gasteiger charge is 2.47. The van der Waals surface area contributed by atoms with Crippen molar-refractivity contribution in [2.75, 3.05) is 6.54 Å². The van der Waals surface area contributed by atoms with E-state index >= 15 is 0 Å². The second-order valence-corrected chi connectivity index (χ2v) is 5.81. The Hall–Kier alpha value is -2.09. The Morgan fingerprint density at radius 3 is 2.50 bits per heavy atom. The van der Waals surface area contributed by atoms with Gasteiger partial charge in [0.2, 0.25) is 5.91 Å². The van der Waals surface area contributed by atoms with E-state index in [0.29, 0.717) is 16.9 Å². The smallest absolute Gasteiger partial charge is 0.386 e. The third-order valence-corrected chi connectivity index (χ3v) is 4.04. The van der Waals surface area contributed by atoms with Gasteiger partial charge >= 0.3 is 12.1 Å². The van der Waals surface area contributed by atoms with Crippen molar-refractivity contribution in [1.29, 1.82) is 0 Å². The molecule has 1 aliphatic heterocycles. The Balaban J connectivity index is 2.02. The maximum atomic E-state index is 12.6. The molecule has 0 aromatic heterocycles. The number of carbonyl (C=O) groups excluding carboxylic acids is 2. The molecule has 1 aromatic carbocycles. The molecule has 1 aliphatic rings. The molecule has 1 saturated heterocycles. The minimum absolute atomic E-state index is 0.105. The van der Waals surface area contributed by atoms with E-state index in [0.717, 1.165) is 0 Å². The average molecular weight is 344 g/mol. The second kappa shape index (κ2) is 7.21. The molecule has 1 aromatic rings. The van der Waals surface area contributed by atoms with Gasteiger partial charge in [0.15, 0.2) is 0 Å². The van der Waals surface area contributed by atoms with Gasteiger partial charge in [-0.2, -0.15) is 13.2 Å². The number of alkyl halides is 3. The van der Waals surface area contributed by atoms with Gasteiger partial charge < -0.3 is 15.3 Å². The molecule has 2 amide bonds. The maximum absolute atomic E-state index is 12.6. The lowest BCUT2D eigenvalue weighted by Crippen LogP contribution is -2.52. The fraction of sp³-hybridized carbons (Fsp3) is 0.500. The van der Waals surface area contributed by atoms with Crippen molar-refractivity contribution >= 4 is 11.8 Å². The third-order valence-electron chi connectivity index (χ3n) is 4.04. The van der Waals surface area contributed by atoms with Crippen molar-refractivity contribution in [2.45, 2.75) is 44.1 Å². The van der Waals surface area contributed by atoms with Crippen LogP contribution >= 0.6 is 0 Å². The van der Waals surface area contributed by atoms with Crippen molar-refractivity contribution in [3.63, 3.8) is 0 Å². The van der Waals surface area contributed by atoms with E-state index in [9.17, 15) is 27.9 Å². The molecule has 2 rings (SSSR count). The summed E-state index contributed by atoms with van der Waals surface area (Å²) in [5.41, 5.74) is 0.583. The van der Waals surface area contributed by atoms with E-state index in [1.54, 1.807) is 37.3 Å². The molecule has 1 fully saturated rings. The van der Waals surface area contributed by atoms with E-state index in [1.165, 1.54) is 0 Å². The van der Waals surface area contributed by atoms with Crippen molar-refractivity contribution in [3.05, 3.63) is 35.9 Å². The summed E-state index contributed by atoms with van der Waals surface area (Å²) in [4.78, 5) is 24.2. The monoisotopic (exact) mass is 344 g/mol. The molecule has 2 N–H and O–H groups in total. The van der Waals surface area contributed by atoms with Crippen LogP contribution in [0.2, 0.25) is 0 Å². The van der Waals surface area contributed by atoms with Gasteiger partial charge in [-0.05, 0) is 25.3 Å². The van der Waals surface area contributed by atoms with Gasteiger partial charge in [0, 0.05) is 6.54 Å². The topological polar surface area (TPSA) is 69.6 Å². The summed E-state index contributed by atoms with van der Waals surface area (Å²) in [5, 5.41) is 12.7. The number of nitrogens with one attached hydrogen (secondary N) is 1. The molecule has 5 nitrogen and oxygen atoms in total. The highest BCUT2D eigenvalue weighted by atomic mass is 19.4. The van der Waals surface area contributed by atoms with E-state index in [4.69, 9.17) is 0 Å². The summed E-state index contributed by atoms with van der Waals surface area (Å²) in [6.07, 6.45) is -5.50. The first-order valence-electron chi connectivity index (χ1n) is 7.63. The first-order chi connectivity index (χ1) is 11.2. The Kier molecular flexibility index (Phi) is 5.48. The lowest BCUT2D eigenvalue weighted by atomic mass is 10.0. The zero-order chi connectivity index (χ0) is 17.9. The number of hydrogen-bond acceptors (Lipinski definition) is 3. The minimum Gasteiger partial charge on any atom is -0.386 e. The van der Waals surface area contributed by atoms with Gasteiger partial charge in [0.05, 0.1) is 12.1 Å². The SMILES string of the molecule is C[C@H](NC(=O)[C@@H]1CCCN1C(=O)C(F)(F)F)[C@H](O)c1ccccc1. The number of carbonyl (C=O) groups is 2. The average Bonchev–Trinajstić information content (AvgIpc) is 3.02. The Morgan fingerprint density at radius 2 is 1.92 bits per heavy atom. The van der Waals surface area contributed by atoms with Gasteiger partial charge in [0.25, 0.3) is 0 Å². The largest absolute Gasteiger partial charge is 0.471 e. The molecule has 0 bridgehead atoms. The van der Waals surface area contributed by atoms with Crippen molar-refractivity contribution in [3.8, 4) is 0 Å². The quantitative estimate of drug-likeness (QED) is 0.875. The molecule has 0 aliphatic carbocycles. The molecule has 1 heterocycles. The first kappa shape index (κ1) is 18.3. The molecule has 0 saturated carbocycles. The maximum Gasteiger partial charge on any atom is 0.471 e. The second-order valence-electron chi connectivity index (χ2n) is 5.81. The highest BCUT2D eigenvalue weighted by Crippen LogP contribution is 2.26. The molecular formula is C16H19F3N2O3. The number of hydrogen-bond donors (Lipinski definition) is 2. The number of halogens is 3. The third kappa shape index (κ3) is 4.05. The highest BCUT2D eigenvalue weighted by molar-refractivity contribution is 5.90. The first-order valence-corrected chi connectivity index (χ1v) is 7.63. The Morgan fingerprint density at radius 1 is 1.29 bits per heavy atom. The van der Waals surface area contributed by atoms with Crippen LogP contribution in [-0.2, 0) is 9.59 Å². The fourth-order valence-corrected chi connectivity index (χ4v) is 2.78. The van der Waals surface area contributed by atoms with Crippen molar-refractivity contribution < 1.29 is 27.9 Å². The van der Waals surface area contributed by atoms with E-state index in [2.05, 4.69) is 5.32 Å². The van der Waals surface area contributed by atoms with E-state index in [1.807, 2.05) is 0 Å². The summed E-state index contributed by atoms with van der Waals surface area (Å²) in [6, 6.07) is 6.73. The van der Waals surface area contributed by atoms with Crippen LogP contribution < -0.4 is 5.32 Å². The zero-order valence-electron chi connectivity index (χ0n) is 13.1. The predicted molar refractivity (Wildman–Crippen MR) is 79.8 cm³/mol. The molecule has 3 atom stereocenters. The number of rotatable bonds is 4. The van der Waals surface area contributed by atoms with Crippen molar-refractivity contribution in [1.82, 2.24) is 10.2 Å². The fourth-order valence-electron chi connectivity index (χ4n) is 2.78. The Bertz CT molecular complexity index is 592. The molecular weight excluding hydrogens is 325 g/mol. The van der Waals surface area contributed by atoms with Gasteiger partial charge in [-0.3, -0.25) is 9.59 Å². The molecule has 0 spiro atoms. The van der Waals surface area contributed by atoms with Crippen LogP contribution in [-0.4, -0.2) is 46.6 Å². The summed E-state index contributed by atoms with van der Waals surface area (Å²) in [7, 11) is 0. The summed E-state index contributed by atoms with van der Waals surface area (Å²) in [5.74, 6) is -2.69. The van der Waals surface area contributed by atoms with E-state index in [-0.39, 0.29) is 13.0 Å². The number of aliphatic hydroxyl groups is 1. The predicted octanol–water partition coefficient (Wildman–Crippen LogP) is 1.78. The van der Waals surface area contributed by atoms with Crippen LogP contribution in [0.15, 0.2) is 30.3 Å². The molecule has 8 heteroatoms. The van der Waals surface area contributed by atoms with Crippen LogP contribution in [0.4, 0.5) is 13.2 Å². The van der Waals surface area contributed by atoms with Crippen LogP contribution in [0.3, 0.4) is 0 Å². The number of nitrogens with zero attached hydrogens (tertiary/aromatic N) is 1. The van der Waals surface area contributed by atoms with Crippen LogP contribution in [0.1, 0.15) is 31.4 Å². The van der Waals surface area contributed by atoms with Gasteiger partial charge in [-0.1, -0.05) is 30.3 Å². The zero-order valence-corrected chi connectivity index (χ0v) is 13.1. The number of benzene rings is 1. The van der Waals surface area contributed by atoms with Crippen LogP contribution in [0.5, 0.6) is 0 Å². The molecule has 132 valence electrons. The summed E-state index contributed by atoms with van der Waals surface area (Å²) < 4.78 is 37.8. The Labute approximate surface area is 137 Å². The van der Waals surface area contributed by atoms with E-state index < -0.39 is 36.2 Å². The number of aliphatic hydroxyl groups excluding tert-OH is 1. The van der Waals surface area contributed by atoms with Crippen LogP contribution in [0.25, 0.3) is 0 Å². The van der Waals surface area contributed by atoms with Crippen molar-refractivity contribution in [2.24, 2.45) is 0 Å². The molecule has 0 radical (unpaired) electrons. The molecule has 24 heavy (non-hydrogen) atoms. The van der Waals surface area contributed by atoms with Gasteiger partial charge in [-0.15, -0.1) is 0 Å². The standard InChI is InChI=1S/C16H19F3N2O3/c1-10(13(22)11-6-3-2-4-7-11)20-14(23)12-8-5-9-21(12)15(24)16(17,18)19/h2-4,6-7,10,12-13,22H,5,8-9H2,1H3,(H,20,23)/t10-,12-,13-/m0/s1. The lowest BCUT2D eigenvalue weighted by Gasteiger charge is -2.27. The van der Waals surface area contributed by atoms with Gasteiger partial charge in [-0.25, -0.2) is 0 Å².